The van der Waals surface area contributed by atoms with Crippen LogP contribution in [0.5, 0.6) is 0 Å². The van der Waals surface area contributed by atoms with Crippen molar-refractivity contribution in [2.24, 2.45) is 0 Å². The van der Waals surface area contributed by atoms with Crippen molar-refractivity contribution in [2.75, 3.05) is 31.2 Å². The van der Waals surface area contributed by atoms with Crippen LogP contribution in [-0.2, 0) is 4.74 Å². The minimum absolute atomic E-state index is 0.434. The summed E-state index contributed by atoms with van der Waals surface area (Å²) in [6.07, 6.45) is 1.65. The predicted molar refractivity (Wildman–Crippen MR) is 76.8 cm³/mol. The molecule has 1 aliphatic heterocycles. The molecule has 0 saturated carbocycles. The number of anilines is 1. The molecular weight excluding hydrogens is 276 g/mol. The summed E-state index contributed by atoms with van der Waals surface area (Å²) in [6.45, 7) is 2.93. The lowest BCUT2D eigenvalue weighted by Crippen LogP contribution is -2.36. The fourth-order valence-corrected chi connectivity index (χ4v) is 2.46. The molecule has 1 aliphatic rings. The van der Waals surface area contributed by atoms with E-state index in [0.717, 1.165) is 30.2 Å². The molecule has 0 spiro atoms. The van der Waals surface area contributed by atoms with Gasteiger partial charge in [-0.05, 0) is 18.2 Å². The van der Waals surface area contributed by atoms with E-state index in [1.165, 1.54) is 0 Å². The lowest BCUT2D eigenvalue weighted by Gasteiger charge is -2.27. The highest BCUT2D eigenvalue weighted by molar-refractivity contribution is 6.29. The first-order chi connectivity index (χ1) is 9.78. The molecule has 1 fully saturated rings. The number of nitrogens with zero attached hydrogens (tertiary/aromatic N) is 3. The van der Waals surface area contributed by atoms with E-state index in [1.54, 1.807) is 12.3 Å². The SMILES string of the molecule is N#Cc1cc(-c2ccnc(Cl)c2)[nH]c1N1CCOCC1. The summed E-state index contributed by atoms with van der Waals surface area (Å²) in [7, 11) is 0. The summed E-state index contributed by atoms with van der Waals surface area (Å²) in [5, 5.41) is 9.73. The van der Waals surface area contributed by atoms with E-state index in [0.29, 0.717) is 23.9 Å². The molecule has 102 valence electrons. The Balaban J connectivity index is 1.98. The van der Waals surface area contributed by atoms with Gasteiger partial charge in [-0.2, -0.15) is 5.26 Å². The van der Waals surface area contributed by atoms with Crippen molar-refractivity contribution in [2.45, 2.75) is 0 Å². The van der Waals surface area contributed by atoms with Gasteiger partial charge in [0.15, 0.2) is 0 Å². The Kier molecular flexibility index (Phi) is 3.59. The second kappa shape index (κ2) is 5.53. The smallest absolute Gasteiger partial charge is 0.129 e. The number of halogens is 1. The molecule has 6 heteroatoms. The number of H-pyrrole nitrogens is 1. The summed E-state index contributed by atoms with van der Waals surface area (Å²) in [4.78, 5) is 9.40. The molecule has 2 aromatic rings. The zero-order chi connectivity index (χ0) is 13.9. The molecule has 0 unspecified atom stereocenters. The monoisotopic (exact) mass is 288 g/mol. The number of pyridine rings is 1. The molecule has 0 radical (unpaired) electrons. The topological polar surface area (TPSA) is 64.9 Å². The van der Waals surface area contributed by atoms with Crippen molar-refractivity contribution < 1.29 is 4.74 Å². The number of hydrogen-bond donors (Lipinski definition) is 1. The van der Waals surface area contributed by atoms with E-state index in [2.05, 4.69) is 20.9 Å². The Bertz CT molecular complexity index is 655. The Hall–Kier alpha value is -2.03. The van der Waals surface area contributed by atoms with Crippen molar-refractivity contribution in [3.63, 3.8) is 0 Å². The van der Waals surface area contributed by atoms with Gasteiger partial charge < -0.3 is 14.6 Å². The van der Waals surface area contributed by atoms with Crippen molar-refractivity contribution in [3.05, 3.63) is 35.1 Å². The molecule has 1 saturated heterocycles. The van der Waals surface area contributed by atoms with Crippen LogP contribution in [0.2, 0.25) is 5.15 Å². The lowest BCUT2D eigenvalue weighted by molar-refractivity contribution is 0.122. The second-order valence-electron chi connectivity index (χ2n) is 4.52. The highest BCUT2D eigenvalue weighted by Crippen LogP contribution is 2.28. The van der Waals surface area contributed by atoms with Crippen LogP contribution in [0, 0.1) is 11.3 Å². The second-order valence-corrected chi connectivity index (χ2v) is 4.91. The first-order valence-corrected chi connectivity index (χ1v) is 6.73. The van der Waals surface area contributed by atoms with E-state index in [4.69, 9.17) is 16.3 Å². The molecule has 2 aromatic heterocycles. The quantitative estimate of drug-likeness (QED) is 0.862. The maximum absolute atomic E-state index is 9.30. The van der Waals surface area contributed by atoms with Crippen molar-refractivity contribution in [1.29, 1.82) is 5.26 Å². The molecule has 5 nitrogen and oxygen atoms in total. The third kappa shape index (κ3) is 2.48. The minimum atomic E-state index is 0.434. The van der Waals surface area contributed by atoms with Crippen LogP contribution in [0.4, 0.5) is 5.82 Å². The fourth-order valence-electron chi connectivity index (χ4n) is 2.29. The van der Waals surface area contributed by atoms with Crippen LogP contribution in [-0.4, -0.2) is 36.3 Å². The molecule has 0 aliphatic carbocycles. The van der Waals surface area contributed by atoms with E-state index in [9.17, 15) is 5.26 Å². The first kappa shape index (κ1) is 13.0. The average Bonchev–Trinajstić information content (AvgIpc) is 2.92. The Labute approximate surface area is 121 Å². The van der Waals surface area contributed by atoms with E-state index >= 15 is 0 Å². The van der Waals surface area contributed by atoms with Crippen LogP contribution >= 0.6 is 11.6 Å². The number of aromatic nitrogens is 2. The summed E-state index contributed by atoms with van der Waals surface area (Å²) in [6, 6.07) is 7.72. The number of hydrogen-bond acceptors (Lipinski definition) is 4. The third-order valence-electron chi connectivity index (χ3n) is 3.28. The van der Waals surface area contributed by atoms with E-state index in [-0.39, 0.29) is 0 Å². The molecule has 20 heavy (non-hydrogen) atoms. The maximum atomic E-state index is 9.30. The van der Waals surface area contributed by atoms with Crippen LogP contribution in [0.1, 0.15) is 5.56 Å². The Morgan fingerprint density at radius 2 is 2.15 bits per heavy atom. The lowest BCUT2D eigenvalue weighted by atomic mass is 10.2. The zero-order valence-corrected chi connectivity index (χ0v) is 11.5. The third-order valence-corrected chi connectivity index (χ3v) is 3.49. The normalized spacial score (nSPS) is 15.1. The van der Waals surface area contributed by atoms with Gasteiger partial charge in [0.2, 0.25) is 0 Å². The summed E-state index contributed by atoms with van der Waals surface area (Å²) < 4.78 is 5.34. The van der Waals surface area contributed by atoms with Crippen LogP contribution < -0.4 is 4.90 Å². The van der Waals surface area contributed by atoms with Gasteiger partial charge in [0.25, 0.3) is 0 Å². The molecule has 3 rings (SSSR count). The highest BCUT2D eigenvalue weighted by atomic mass is 35.5. The fraction of sp³-hybridized carbons (Fsp3) is 0.286. The van der Waals surface area contributed by atoms with Gasteiger partial charge in [-0.15, -0.1) is 0 Å². The summed E-state index contributed by atoms with van der Waals surface area (Å²) >= 11 is 5.91. The van der Waals surface area contributed by atoms with Gasteiger partial charge >= 0.3 is 0 Å². The predicted octanol–water partition coefficient (Wildman–Crippen LogP) is 2.44. The number of morpholine rings is 1. The van der Waals surface area contributed by atoms with Crippen molar-refractivity contribution >= 4 is 17.4 Å². The van der Waals surface area contributed by atoms with Crippen LogP contribution in [0.3, 0.4) is 0 Å². The number of ether oxygens (including phenoxy) is 1. The highest BCUT2D eigenvalue weighted by Gasteiger charge is 2.18. The van der Waals surface area contributed by atoms with E-state index < -0.39 is 0 Å². The van der Waals surface area contributed by atoms with Gasteiger partial charge in [-0.1, -0.05) is 11.6 Å². The van der Waals surface area contributed by atoms with Crippen molar-refractivity contribution in [1.82, 2.24) is 9.97 Å². The molecule has 0 aromatic carbocycles. The standard InChI is InChI=1S/C14H13ClN4O/c15-13-8-10(1-2-17-13)12-7-11(9-16)14(18-12)19-3-5-20-6-4-19/h1-2,7-8,18H,3-6H2. The van der Waals surface area contributed by atoms with Gasteiger partial charge in [0, 0.05) is 30.5 Å². The summed E-state index contributed by atoms with van der Waals surface area (Å²) in [5.74, 6) is 0.846. The maximum Gasteiger partial charge on any atom is 0.129 e. The summed E-state index contributed by atoms with van der Waals surface area (Å²) in [5.41, 5.74) is 2.42. The van der Waals surface area contributed by atoms with Gasteiger partial charge in [-0.25, -0.2) is 4.98 Å². The minimum Gasteiger partial charge on any atom is -0.378 e. The molecule has 0 amide bonds. The number of rotatable bonds is 2. The molecule has 0 atom stereocenters. The Morgan fingerprint density at radius 3 is 2.85 bits per heavy atom. The van der Waals surface area contributed by atoms with Gasteiger partial charge in [-0.3, -0.25) is 0 Å². The van der Waals surface area contributed by atoms with Crippen molar-refractivity contribution in [3.8, 4) is 17.3 Å². The zero-order valence-electron chi connectivity index (χ0n) is 10.8. The van der Waals surface area contributed by atoms with E-state index in [1.807, 2.05) is 12.1 Å². The molecular formula is C14H13ClN4O. The Morgan fingerprint density at radius 1 is 1.35 bits per heavy atom. The molecule has 1 N–H and O–H groups in total. The molecule has 0 bridgehead atoms. The van der Waals surface area contributed by atoms with Gasteiger partial charge in [0.1, 0.15) is 17.0 Å². The van der Waals surface area contributed by atoms with Crippen LogP contribution in [0.15, 0.2) is 24.4 Å². The molecule has 3 heterocycles. The van der Waals surface area contributed by atoms with Gasteiger partial charge in [0.05, 0.1) is 18.8 Å². The number of nitriles is 1. The number of nitrogens with one attached hydrogen (secondary N) is 1. The average molecular weight is 289 g/mol. The number of aromatic amines is 1. The largest absolute Gasteiger partial charge is 0.378 e. The van der Waals surface area contributed by atoms with Crippen LogP contribution in [0.25, 0.3) is 11.3 Å². The first-order valence-electron chi connectivity index (χ1n) is 6.35.